The average molecular weight is 1720 g/mol. The average Bonchev–Trinajstić information content (AvgIpc) is 1.24. The molecule has 9 N–H and O–H groups in total. The Balaban J connectivity index is 0. The number of aliphatic hydroxyl groups excluding tert-OH is 4. The Morgan fingerprint density at radius 3 is 1.17 bits per heavy atom. The molecule has 31 heteroatoms. The Bertz CT molecular complexity index is 1900. The van der Waals surface area contributed by atoms with E-state index >= 15 is 0 Å². The SMILES string of the molecule is CC(C)(Br)C(=O)CCC(CNCC(=O)C(C)(C)Br)(CNC(=O)C(C)(C)Br)COCCOCCOCCOCCOCC(O)CO.CC(CBr)C(=O)NCCC(CCNC(=O)C(C)CBr)(CCNC(=O)C(C)(C)CBr)OCCOCCOCCOCCOCC(O)CO. The fourth-order valence-corrected chi connectivity index (χ4v) is 8.74. The van der Waals surface area contributed by atoms with E-state index in [1.54, 1.807) is 41.5 Å². The Morgan fingerprint density at radius 1 is 0.446 bits per heavy atom. The van der Waals surface area contributed by atoms with Crippen molar-refractivity contribution in [3.05, 3.63) is 0 Å². The van der Waals surface area contributed by atoms with E-state index in [4.69, 9.17) is 57.6 Å². The van der Waals surface area contributed by atoms with Crippen LogP contribution >= 0.6 is 95.6 Å². The number of Topliss-reactive ketones (excluding diaryl/α,β-unsaturated/α-hetero) is 2. The third-order valence-corrected chi connectivity index (χ3v) is 18.4. The minimum Gasteiger partial charge on any atom is -0.394 e. The van der Waals surface area contributed by atoms with Crippen molar-refractivity contribution in [1.29, 1.82) is 0 Å². The first-order valence-corrected chi connectivity index (χ1v) is 37.0. The molecule has 0 aromatic carbocycles. The largest absolute Gasteiger partial charge is 0.394 e. The minimum absolute atomic E-state index is 0.0215. The molecule has 544 valence electrons. The van der Waals surface area contributed by atoms with Gasteiger partial charge in [0, 0.05) is 72.4 Å². The predicted octanol–water partition coefficient (Wildman–Crippen LogP) is 4.72. The number of ether oxygens (including phenoxy) is 10. The Hall–Kier alpha value is -0.500. The molecule has 0 heterocycles. The van der Waals surface area contributed by atoms with Gasteiger partial charge in [0.2, 0.25) is 23.6 Å². The van der Waals surface area contributed by atoms with Crippen LogP contribution < -0.4 is 26.6 Å². The number of rotatable bonds is 60. The van der Waals surface area contributed by atoms with Crippen molar-refractivity contribution in [2.45, 2.75) is 132 Å². The van der Waals surface area contributed by atoms with Crippen molar-refractivity contribution < 1.29 is 96.6 Å². The van der Waals surface area contributed by atoms with Gasteiger partial charge in [-0.2, -0.15) is 0 Å². The highest BCUT2D eigenvalue weighted by Gasteiger charge is 2.37. The summed E-state index contributed by atoms with van der Waals surface area (Å²) in [4.78, 5) is 75.8. The second-order valence-electron chi connectivity index (χ2n) is 24.3. The second kappa shape index (κ2) is 54.3. The number of carbonyl (C=O) groups excluding carboxylic acids is 6. The highest BCUT2D eigenvalue weighted by atomic mass is 79.9. The van der Waals surface area contributed by atoms with Crippen molar-refractivity contribution in [2.24, 2.45) is 22.7 Å². The summed E-state index contributed by atoms with van der Waals surface area (Å²) in [6, 6.07) is 0. The van der Waals surface area contributed by atoms with Gasteiger partial charge in [-0.05, 0) is 67.2 Å². The Kier molecular flexibility index (Phi) is 55.3. The van der Waals surface area contributed by atoms with Crippen molar-refractivity contribution in [1.82, 2.24) is 26.6 Å². The molecule has 5 unspecified atom stereocenters. The summed E-state index contributed by atoms with van der Waals surface area (Å²) in [6.07, 6.45) is 0.347. The third-order valence-electron chi connectivity index (χ3n) is 13.8. The molecule has 0 aromatic heterocycles. The maximum absolute atomic E-state index is 12.8. The zero-order valence-electron chi connectivity index (χ0n) is 56.1. The molecule has 0 saturated heterocycles. The van der Waals surface area contributed by atoms with Crippen molar-refractivity contribution in [3.8, 4) is 0 Å². The maximum atomic E-state index is 12.8. The van der Waals surface area contributed by atoms with Gasteiger partial charge >= 0.3 is 0 Å². The van der Waals surface area contributed by atoms with Gasteiger partial charge in [-0.1, -0.05) is 123 Å². The minimum atomic E-state index is -0.884. The molecule has 0 radical (unpaired) electrons. The van der Waals surface area contributed by atoms with E-state index in [2.05, 4.69) is 122 Å². The molecule has 0 fully saturated rings. The van der Waals surface area contributed by atoms with Gasteiger partial charge in [0.1, 0.15) is 18.0 Å². The fraction of sp³-hybridized carbons (Fsp3) is 0.902. The molecule has 0 aliphatic carbocycles. The van der Waals surface area contributed by atoms with Crippen LogP contribution in [0.3, 0.4) is 0 Å². The molecule has 0 spiro atoms. The Morgan fingerprint density at radius 2 is 0.815 bits per heavy atom. The van der Waals surface area contributed by atoms with Gasteiger partial charge < -0.3 is 94.4 Å². The zero-order valence-corrected chi connectivity index (χ0v) is 65.7. The molecule has 5 atom stereocenters. The van der Waals surface area contributed by atoms with Crippen molar-refractivity contribution in [2.75, 3.05) is 194 Å². The lowest BCUT2D eigenvalue weighted by molar-refractivity contribution is -0.129. The fourth-order valence-electron chi connectivity index (χ4n) is 7.42. The molecule has 0 bridgehead atoms. The molecule has 25 nitrogen and oxygen atoms in total. The lowest BCUT2D eigenvalue weighted by Gasteiger charge is -2.35. The van der Waals surface area contributed by atoms with Crippen molar-refractivity contribution >= 4 is 131 Å². The molecular weight excluding hydrogens is 1600 g/mol. The number of hydrogen-bond donors (Lipinski definition) is 9. The summed E-state index contributed by atoms with van der Waals surface area (Å²) in [6.45, 7) is 25.1. The first-order chi connectivity index (χ1) is 43.2. The molecule has 4 amide bonds. The van der Waals surface area contributed by atoms with Crippen LogP contribution in [0.1, 0.15) is 101 Å². The van der Waals surface area contributed by atoms with E-state index in [0.29, 0.717) is 167 Å². The standard InChI is InChI=1S/C31H58Br3N3O10.C30H55Br3N2O10/c1-24(19-32)27(40)35-8-5-31(6-9-36-28(41)25(2)20-33,7-10-37-29(42)30(3,4)23-34)47-18-17-45-14-13-43-11-12-44-15-16-46-22-26(39)21-38;1-27(2,31)24(38)7-8-30(21-35-26(40)29(5,6)33,20-34-17-25(39)28(3,4)32)22-45-16-14-43-12-10-41-9-11-42-13-15-44-19-23(37)18-36/h24-26,38-39H,5-23H2,1-4H3,(H,35,40)(H,36,41)(H,37,42);23,34,36-37H,7-22H2,1-6H3,(H,35,40). The smallest absolute Gasteiger partial charge is 0.236 e. The Labute approximate surface area is 598 Å². The van der Waals surface area contributed by atoms with Crippen LogP contribution in [-0.4, -0.2) is 280 Å². The molecule has 0 aromatic rings. The van der Waals surface area contributed by atoms with Crippen LogP contribution in [0.15, 0.2) is 0 Å². The summed E-state index contributed by atoms with van der Waals surface area (Å²) in [5.41, 5.74) is -2.01. The number of halogens is 6. The topological polar surface area (TPSA) is 336 Å². The quantitative estimate of drug-likeness (QED) is 0.0294. The normalized spacial score (nSPS) is 14.8. The number of amides is 4. The van der Waals surface area contributed by atoms with Gasteiger partial charge in [0.05, 0.1) is 169 Å². The third kappa shape index (κ3) is 49.1. The monoisotopic (exact) mass is 1710 g/mol. The van der Waals surface area contributed by atoms with Gasteiger partial charge in [-0.3, -0.25) is 28.8 Å². The van der Waals surface area contributed by atoms with E-state index in [9.17, 15) is 39.0 Å². The highest BCUT2D eigenvalue weighted by molar-refractivity contribution is 9.10. The van der Waals surface area contributed by atoms with Gasteiger partial charge in [0.25, 0.3) is 0 Å². The highest BCUT2D eigenvalue weighted by Crippen LogP contribution is 2.30. The van der Waals surface area contributed by atoms with E-state index in [-0.39, 0.29) is 106 Å². The van der Waals surface area contributed by atoms with E-state index < -0.39 is 41.6 Å². The summed E-state index contributed by atoms with van der Waals surface area (Å²) in [5.74, 6) is -0.781. The molecule has 0 aliphatic heterocycles. The number of nitrogens with one attached hydrogen (secondary N) is 5. The number of carbonyl (C=O) groups is 6. The van der Waals surface area contributed by atoms with Crippen LogP contribution in [0.2, 0.25) is 0 Å². The summed E-state index contributed by atoms with van der Waals surface area (Å²) in [5, 5.41) is 52.7. The van der Waals surface area contributed by atoms with Gasteiger partial charge in [-0.15, -0.1) is 0 Å². The number of aliphatic hydroxyl groups is 4. The summed E-state index contributed by atoms with van der Waals surface area (Å²) < 4.78 is 53.8. The van der Waals surface area contributed by atoms with E-state index in [1.807, 2.05) is 27.7 Å². The van der Waals surface area contributed by atoms with E-state index in [0.717, 1.165) is 0 Å². The molecular formula is C61H113Br6N5O20. The van der Waals surface area contributed by atoms with E-state index in [1.165, 1.54) is 0 Å². The summed E-state index contributed by atoms with van der Waals surface area (Å²) >= 11 is 20.4. The van der Waals surface area contributed by atoms with Crippen LogP contribution in [-0.2, 0) is 76.1 Å². The first-order valence-electron chi connectivity index (χ1n) is 31.3. The van der Waals surface area contributed by atoms with Crippen molar-refractivity contribution in [3.63, 3.8) is 0 Å². The zero-order chi connectivity index (χ0) is 70.1. The maximum Gasteiger partial charge on any atom is 0.236 e. The first kappa shape index (κ1) is 93.6. The molecule has 0 saturated carbocycles. The van der Waals surface area contributed by atoms with Crippen LogP contribution in [0.4, 0.5) is 0 Å². The van der Waals surface area contributed by atoms with Gasteiger partial charge in [0.15, 0.2) is 5.78 Å². The lowest BCUT2D eigenvalue weighted by atomic mass is 9.81. The lowest BCUT2D eigenvalue weighted by Crippen LogP contribution is -2.51. The predicted molar refractivity (Wildman–Crippen MR) is 375 cm³/mol. The number of ketones is 2. The summed E-state index contributed by atoms with van der Waals surface area (Å²) in [7, 11) is 0. The molecule has 0 rings (SSSR count). The number of alkyl halides is 6. The molecule has 92 heavy (non-hydrogen) atoms. The van der Waals surface area contributed by atoms with Crippen LogP contribution in [0.5, 0.6) is 0 Å². The van der Waals surface area contributed by atoms with Gasteiger partial charge in [-0.25, -0.2) is 0 Å². The second-order valence-corrected chi connectivity index (χ2v) is 32.2. The van der Waals surface area contributed by atoms with Crippen LogP contribution in [0, 0.1) is 22.7 Å². The number of hydrogen-bond acceptors (Lipinski definition) is 21. The molecule has 0 aliphatic rings. The van der Waals surface area contributed by atoms with Crippen LogP contribution in [0.25, 0.3) is 0 Å².